The molecule has 0 spiro atoms. The Morgan fingerprint density at radius 1 is 1.38 bits per heavy atom. The molecule has 0 bridgehead atoms. The molecular weight excluding hydrogens is 182 g/mol. The van der Waals surface area contributed by atoms with Gasteiger partial charge in [-0.25, -0.2) is 9.59 Å². The predicted octanol–water partition coefficient (Wildman–Crippen LogP) is -0.0288. The molecule has 0 fully saturated rings. The van der Waals surface area contributed by atoms with Gasteiger partial charge in [0.15, 0.2) is 0 Å². The van der Waals surface area contributed by atoms with Gasteiger partial charge in [-0.2, -0.15) is 0 Å². The summed E-state index contributed by atoms with van der Waals surface area (Å²) in [4.78, 5) is 30.0. The molecule has 0 aromatic carbocycles. The Morgan fingerprint density at radius 3 is 1.85 bits per heavy atom. The minimum absolute atomic E-state index is 0.111. The quantitative estimate of drug-likeness (QED) is 0.358. The Labute approximate surface area is 73.1 Å². The molecule has 7 nitrogen and oxygen atoms in total. The van der Waals surface area contributed by atoms with Crippen LogP contribution in [0.2, 0.25) is 0 Å². The lowest BCUT2D eigenvalue weighted by Crippen LogP contribution is -2.53. The van der Waals surface area contributed by atoms with Crippen LogP contribution < -0.4 is 0 Å². The summed E-state index contributed by atoms with van der Waals surface area (Å²) in [5, 5.41) is 27.3. The highest BCUT2D eigenvalue weighted by Gasteiger charge is 2.58. The zero-order valence-electron chi connectivity index (χ0n) is 6.89. The topological polar surface area (TPSA) is 118 Å². The van der Waals surface area contributed by atoms with Gasteiger partial charge in [0.2, 0.25) is 0 Å². The third-order valence-electron chi connectivity index (χ3n) is 1.63. The molecule has 0 heterocycles. The van der Waals surface area contributed by atoms with Gasteiger partial charge in [0.25, 0.3) is 0 Å². The van der Waals surface area contributed by atoms with E-state index in [0.29, 0.717) is 0 Å². The number of carboxylic acid groups (broad SMARTS) is 2. The van der Waals surface area contributed by atoms with Crippen LogP contribution in [0.3, 0.4) is 0 Å². The molecule has 0 aliphatic carbocycles. The Kier molecular flexibility index (Phi) is 3.34. The number of carboxylic acids is 2. The lowest BCUT2D eigenvalue weighted by atomic mass is 9.95. The Morgan fingerprint density at radius 2 is 1.77 bits per heavy atom. The van der Waals surface area contributed by atoms with Crippen LogP contribution in [0.1, 0.15) is 19.8 Å². The molecule has 0 saturated heterocycles. The minimum Gasteiger partial charge on any atom is -0.475 e. The number of rotatable bonds is 5. The molecule has 2 N–H and O–H groups in total. The minimum atomic E-state index is -2.89. The first-order chi connectivity index (χ1) is 5.89. The van der Waals surface area contributed by atoms with E-state index in [4.69, 9.17) is 10.2 Å². The van der Waals surface area contributed by atoms with E-state index in [-0.39, 0.29) is 6.42 Å². The molecule has 0 atom stereocenters. The largest absolute Gasteiger partial charge is 0.475 e. The third-order valence-corrected chi connectivity index (χ3v) is 1.63. The van der Waals surface area contributed by atoms with Crippen molar-refractivity contribution < 1.29 is 24.7 Å². The van der Waals surface area contributed by atoms with Crippen molar-refractivity contribution in [3.05, 3.63) is 10.1 Å². The predicted molar refractivity (Wildman–Crippen MR) is 39.9 cm³/mol. The van der Waals surface area contributed by atoms with Crippen LogP contribution in [0.25, 0.3) is 0 Å². The monoisotopic (exact) mass is 191 g/mol. The number of nitro groups is 1. The van der Waals surface area contributed by atoms with Gasteiger partial charge in [-0.1, -0.05) is 6.92 Å². The van der Waals surface area contributed by atoms with E-state index in [2.05, 4.69) is 0 Å². The Hall–Kier alpha value is -1.66. The summed E-state index contributed by atoms with van der Waals surface area (Å²) < 4.78 is 0. The van der Waals surface area contributed by atoms with Crippen LogP contribution in [0.15, 0.2) is 0 Å². The smallest absolute Gasteiger partial charge is 0.410 e. The van der Waals surface area contributed by atoms with Gasteiger partial charge in [-0.3, -0.25) is 10.1 Å². The van der Waals surface area contributed by atoms with Crippen molar-refractivity contribution in [2.24, 2.45) is 0 Å². The van der Waals surface area contributed by atoms with Crippen molar-refractivity contribution in [2.45, 2.75) is 25.3 Å². The average molecular weight is 191 g/mol. The Bertz CT molecular complexity index is 211. The van der Waals surface area contributed by atoms with Crippen LogP contribution in [0.5, 0.6) is 0 Å². The summed E-state index contributed by atoms with van der Waals surface area (Å²) in [6.45, 7) is 1.48. The van der Waals surface area contributed by atoms with Gasteiger partial charge in [-0.15, -0.1) is 0 Å². The summed E-state index contributed by atoms with van der Waals surface area (Å²) in [6.07, 6.45) is -0.412. The van der Waals surface area contributed by atoms with Crippen molar-refractivity contribution >= 4 is 11.9 Å². The molecule has 0 unspecified atom stereocenters. The van der Waals surface area contributed by atoms with E-state index in [9.17, 15) is 19.7 Å². The second-order valence-corrected chi connectivity index (χ2v) is 2.48. The SMILES string of the molecule is CCCC(C(=O)O)(C(=O)O)[N+](=O)[O-]. The van der Waals surface area contributed by atoms with Crippen molar-refractivity contribution in [2.75, 3.05) is 0 Å². The van der Waals surface area contributed by atoms with E-state index in [1.165, 1.54) is 6.92 Å². The van der Waals surface area contributed by atoms with Gasteiger partial charge in [0.05, 0.1) is 4.92 Å². The fraction of sp³-hybridized carbons (Fsp3) is 0.667. The van der Waals surface area contributed by atoms with Crippen LogP contribution in [-0.2, 0) is 9.59 Å². The van der Waals surface area contributed by atoms with Crippen LogP contribution in [0.4, 0.5) is 0 Å². The van der Waals surface area contributed by atoms with Crippen LogP contribution in [-0.4, -0.2) is 32.6 Å². The fourth-order valence-corrected chi connectivity index (χ4v) is 0.915. The molecule has 0 rings (SSSR count). The highest BCUT2D eigenvalue weighted by molar-refractivity contribution is 6.01. The van der Waals surface area contributed by atoms with Crippen molar-refractivity contribution in [3.63, 3.8) is 0 Å². The summed E-state index contributed by atoms with van der Waals surface area (Å²) in [5.74, 6) is -3.88. The average Bonchev–Trinajstić information content (AvgIpc) is 1.97. The highest BCUT2D eigenvalue weighted by Crippen LogP contribution is 2.18. The second kappa shape index (κ2) is 3.83. The maximum absolute atomic E-state index is 10.5. The first kappa shape index (κ1) is 11.3. The molecule has 0 amide bonds. The van der Waals surface area contributed by atoms with Gasteiger partial charge < -0.3 is 10.2 Å². The van der Waals surface area contributed by atoms with Crippen molar-refractivity contribution in [1.82, 2.24) is 0 Å². The van der Waals surface area contributed by atoms with E-state index >= 15 is 0 Å². The third kappa shape index (κ3) is 1.74. The number of carbonyl (C=O) groups is 2. The maximum Gasteiger partial charge on any atom is 0.410 e. The Balaban J connectivity index is 5.18. The number of hydrogen-bond donors (Lipinski definition) is 2. The van der Waals surface area contributed by atoms with Gasteiger partial charge in [0.1, 0.15) is 0 Å². The molecule has 0 saturated carbocycles. The summed E-state index contributed by atoms with van der Waals surface area (Å²) >= 11 is 0. The van der Waals surface area contributed by atoms with Crippen LogP contribution in [0, 0.1) is 10.1 Å². The molecule has 0 aromatic rings. The van der Waals surface area contributed by atoms with E-state index in [1.807, 2.05) is 0 Å². The van der Waals surface area contributed by atoms with E-state index in [0.717, 1.165) is 0 Å². The lowest BCUT2D eigenvalue weighted by Gasteiger charge is -2.14. The van der Waals surface area contributed by atoms with Crippen LogP contribution >= 0.6 is 0 Å². The summed E-state index contributed by atoms with van der Waals surface area (Å²) in [7, 11) is 0. The second-order valence-electron chi connectivity index (χ2n) is 2.48. The molecule has 13 heavy (non-hydrogen) atoms. The fourth-order valence-electron chi connectivity index (χ4n) is 0.915. The molecule has 0 aliphatic rings. The van der Waals surface area contributed by atoms with Gasteiger partial charge >= 0.3 is 17.5 Å². The van der Waals surface area contributed by atoms with Gasteiger partial charge in [0, 0.05) is 6.42 Å². The normalized spacial score (nSPS) is 10.8. The summed E-state index contributed by atoms with van der Waals surface area (Å²) in [5.41, 5.74) is -2.89. The van der Waals surface area contributed by atoms with E-state index in [1.54, 1.807) is 0 Å². The zero-order valence-corrected chi connectivity index (χ0v) is 6.89. The standard InChI is InChI=1S/C6H9NO6/c1-2-3-6(4(8)9,5(10)11)7(12)13/h2-3H2,1H3,(H,8,9)(H,10,11). The lowest BCUT2D eigenvalue weighted by molar-refractivity contribution is -0.542. The molecule has 7 heteroatoms. The summed E-state index contributed by atoms with van der Waals surface area (Å²) in [6, 6.07) is 0. The van der Waals surface area contributed by atoms with Gasteiger partial charge in [-0.05, 0) is 6.42 Å². The number of aliphatic carboxylic acids is 2. The molecule has 0 radical (unpaired) electrons. The molecular formula is C6H9NO6. The first-order valence-corrected chi connectivity index (χ1v) is 3.50. The number of hydrogen-bond acceptors (Lipinski definition) is 4. The van der Waals surface area contributed by atoms with Crippen molar-refractivity contribution in [3.8, 4) is 0 Å². The highest BCUT2D eigenvalue weighted by atomic mass is 16.6. The van der Waals surface area contributed by atoms with E-state index < -0.39 is 28.8 Å². The number of nitrogens with zero attached hydrogens (tertiary/aromatic N) is 1. The van der Waals surface area contributed by atoms with Crippen molar-refractivity contribution in [1.29, 1.82) is 0 Å². The molecule has 0 aromatic heterocycles. The maximum atomic E-state index is 10.5. The zero-order chi connectivity index (χ0) is 10.6. The first-order valence-electron chi connectivity index (χ1n) is 3.50. The molecule has 74 valence electrons. The molecule has 0 aliphatic heterocycles.